The van der Waals surface area contributed by atoms with Gasteiger partial charge in [-0.2, -0.15) is 5.26 Å². The SMILES string of the molecule is N#CCCCCC1=CC2CCCC(C1)N2Cc1ccccc1. The molecule has 2 heteroatoms. The van der Waals surface area contributed by atoms with Crippen molar-refractivity contribution in [1.82, 2.24) is 4.90 Å². The van der Waals surface area contributed by atoms with Gasteiger partial charge in [-0.05, 0) is 44.1 Å². The van der Waals surface area contributed by atoms with Crippen LogP contribution in [-0.4, -0.2) is 17.0 Å². The van der Waals surface area contributed by atoms with Crippen LogP contribution in [0.2, 0.25) is 0 Å². The molecule has 1 aromatic carbocycles. The van der Waals surface area contributed by atoms with Gasteiger partial charge in [-0.3, -0.25) is 4.90 Å². The van der Waals surface area contributed by atoms with Crippen molar-refractivity contribution in [3.63, 3.8) is 0 Å². The molecule has 22 heavy (non-hydrogen) atoms. The molecule has 0 spiro atoms. The average Bonchev–Trinajstić information content (AvgIpc) is 2.53. The van der Waals surface area contributed by atoms with Crippen LogP contribution in [0.3, 0.4) is 0 Å². The third-order valence-electron chi connectivity index (χ3n) is 5.10. The van der Waals surface area contributed by atoms with Crippen molar-refractivity contribution in [3.8, 4) is 6.07 Å². The van der Waals surface area contributed by atoms with Crippen LogP contribution in [0.25, 0.3) is 0 Å². The van der Waals surface area contributed by atoms with E-state index in [0.29, 0.717) is 12.5 Å². The number of unbranched alkanes of at least 4 members (excludes halogenated alkanes) is 2. The zero-order valence-corrected chi connectivity index (χ0v) is 13.4. The van der Waals surface area contributed by atoms with Gasteiger partial charge in [0.25, 0.3) is 0 Å². The van der Waals surface area contributed by atoms with E-state index < -0.39 is 0 Å². The van der Waals surface area contributed by atoms with Crippen LogP contribution in [0.1, 0.15) is 56.9 Å². The molecule has 2 aliphatic heterocycles. The summed E-state index contributed by atoms with van der Waals surface area (Å²) in [5.74, 6) is 0. The number of benzene rings is 1. The van der Waals surface area contributed by atoms with Crippen LogP contribution in [0, 0.1) is 11.3 Å². The Labute approximate surface area is 134 Å². The zero-order chi connectivity index (χ0) is 15.2. The van der Waals surface area contributed by atoms with Gasteiger partial charge < -0.3 is 0 Å². The van der Waals surface area contributed by atoms with Crippen molar-refractivity contribution in [2.75, 3.05) is 0 Å². The summed E-state index contributed by atoms with van der Waals surface area (Å²) in [4.78, 5) is 2.72. The summed E-state index contributed by atoms with van der Waals surface area (Å²) in [6, 6.07) is 14.5. The number of hydrogen-bond acceptors (Lipinski definition) is 2. The number of piperidine rings is 1. The first-order valence-electron chi connectivity index (χ1n) is 8.73. The van der Waals surface area contributed by atoms with E-state index in [2.05, 4.69) is 47.4 Å². The van der Waals surface area contributed by atoms with Gasteiger partial charge in [0.1, 0.15) is 0 Å². The molecule has 2 atom stereocenters. The van der Waals surface area contributed by atoms with Gasteiger partial charge in [-0.1, -0.05) is 48.4 Å². The standard InChI is InChI=1S/C20H26N2/c21-13-6-2-5-10-18-14-19-11-7-12-20(15-18)22(19)16-17-8-3-1-4-9-17/h1,3-4,8-9,14,19-20H,2,5-7,10-12,15-16H2. The van der Waals surface area contributed by atoms with E-state index in [1.54, 1.807) is 5.57 Å². The molecule has 0 amide bonds. The second-order valence-electron chi connectivity index (χ2n) is 6.70. The first kappa shape index (κ1) is 15.3. The van der Waals surface area contributed by atoms with Crippen LogP contribution >= 0.6 is 0 Å². The maximum atomic E-state index is 8.64. The fraction of sp³-hybridized carbons (Fsp3) is 0.550. The van der Waals surface area contributed by atoms with E-state index in [0.717, 1.165) is 19.0 Å². The first-order chi connectivity index (χ1) is 10.9. The Morgan fingerprint density at radius 3 is 2.77 bits per heavy atom. The number of fused-ring (bicyclic) bond motifs is 2. The lowest BCUT2D eigenvalue weighted by Crippen LogP contribution is -2.47. The van der Waals surface area contributed by atoms with E-state index in [1.807, 2.05) is 0 Å². The highest BCUT2D eigenvalue weighted by molar-refractivity contribution is 5.20. The van der Waals surface area contributed by atoms with Crippen molar-refractivity contribution in [2.45, 2.75) is 70.0 Å². The smallest absolute Gasteiger partial charge is 0.0621 e. The van der Waals surface area contributed by atoms with Gasteiger partial charge in [0.2, 0.25) is 0 Å². The maximum absolute atomic E-state index is 8.64. The molecule has 2 bridgehead atoms. The molecule has 1 saturated heterocycles. The average molecular weight is 294 g/mol. The van der Waals surface area contributed by atoms with Crippen LogP contribution in [-0.2, 0) is 6.54 Å². The molecule has 2 nitrogen and oxygen atoms in total. The molecule has 2 heterocycles. The fourth-order valence-corrected chi connectivity index (χ4v) is 3.99. The summed E-state index contributed by atoms with van der Waals surface area (Å²) in [7, 11) is 0. The summed E-state index contributed by atoms with van der Waals surface area (Å²) in [5, 5.41) is 8.64. The lowest BCUT2D eigenvalue weighted by Gasteiger charge is -2.45. The van der Waals surface area contributed by atoms with E-state index in [1.165, 1.54) is 44.1 Å². The first-order valence-corrected chi connectivity index (χ1v) is 8.73. The molecular weight excluding hydrogens is 268 g/mol. The van der Waals surface area contributed by atoms with Crippen LogP contribution in [0.15, 0.2) is 42.0 Å². The second-order valence-corrected chi connectivity index (χ2v) is 6.70. The minimum absolute atomic E-state index is 0.638. The minimum Gasteiger partial charge on any atom is -0.289 e. The third kappa shape index (κ3) is 3.78. The monoisotopic (exact) mass is 294 g/mol. The van der Waals surface area contributed by atoms with Gasteiger partial charge >= 0.3 is 0 Å². The Hall–Kier alpha value is -1.59. The van der Waals surface area contributed by atoms with E-state index in [9.17, 15) is 0 Å². The molecule has 0 N–H and O–H groups in total. The molecule has 2 aliphatic rings. The number of nitriles is 1. The van der Waals surface area contributed by atoms with Crippen molar-refractivity contribution < 1.29 is 0 Å². The van der Waals surface area contributed by atoms with Gasteiger partial charge in [-0.15, -0.1) is 0 Å². The predicted molar refractivity (Wildman–Crippen MR) is 90.2 cm³/mol. The lowest BCUT2D eigenvalue weighted by molar-refractivity contribution is 0.0876. The summed E-state index contributed by atoms with van der Waals surface area (Å²) < 4.78 is 0. The van der Waals surface area contributed by atoms with Crippen molar-refractivity contribution >= 4 is 0 Å². The van der Waals surface area contributed by atoms with Crippen LogP contribution < -0.4 is 0 Å². The summed E-state index contributed by atoms with van der Waals surface area (Å²) in [6.07, 6.45) is 12.0. The Bertz CT molecular complexity index is 541. The van der Waals surface area contributed by atoms with Crippen molar-refractivity contribution in [1.29, 1.82) is 5.26 Å². The number of rotatable bonds is 6. The zero-order valence-electron chi connectivity index (χ0n) is 13.4. The van der Waals surface area contributed by atoms with Gasteiger partial charge in [0, 0.05) is 25.0 Å². The molecule has 0 aromatic heterocycles. The molecule has 0 radical (unpaired) electrons. The largest absolute Gasteiger partial charge is 0.289 e. The predicted octanol–water partition coefficient (Wildman–Crippen LogP) is 4.82. The molecule has 1 aromatic rings. The van der Waals surface area contributed by atoms with Gasteiger partial charge in [0.05, 0.1) is 6.07 Å². The van der Waals surface area contributed by atoms with E-state index >= 15 is 0 Å². The topological polar surface area (TPSA) is 27.0 Å². The minimum atomic E-state index is 0.638. The maximum Gasteiger partial charge on any atom is 0.0621 e. The van der Waals surface area contributed by atoms with Crippen LogP contribution in [0.4, 0.5) is 0 Å². The molecule has 2 unspecified atom stereocenters. The number of hydrogen-bond donors (Lipinski definition) is 0. The van der Waals surface area contributed by atoms with Gasteiger partial charge in [0.15, 0.2) is 0 Å². The van der Waals surface area contributed by atoms with Crippen LogP contribution in [0.5, 0.6) is 0 Å². The van der Waals surface area contributed by atoms with E-state index in [4.69, 9.17) is 5.26 Å². The van der Waals surface area contributed by atoms with Crippen molar-refractivity contribution in [2.24, 2.45) is 0 Å². The summed E-state index contributed by atoms with van der Waals surface area (Å²) >= 11 is 0. The van der Waals surface area contributed by atoms with Gasteiger partial charge in [-0.25, -0.2) is 0 Å². The summed E-state index contributed by atoms with van der Waals surface area (Å²) in [5.41, 5.74) is 3.09. The molecular formula is C20H26N2. The number of nitrogens with zero attached hydrogens (tertiary/aromatic N) is 2. The summed E-state index contributed by atoms with van der Waals surface area (Å²) in [6.45, 7) is 1.09. The fourth-order valence-electron chi connectivity index (χ4n) is 3.99. The molecule has 116 valence electrons. The molecule has 1 fully saturated rings. The Balaban J connectivity index is 1.62. The molecule has 0 aliphatic carbocycles. The second kappa shape index (κ2) is 7.61. The Morgan fingerprint density at radius 2 is 2.00 bits per heavy atom. The third-order valence-corrected chi connectivity index (χ3v) is 5.10. The van der Waals surface area contributed by atoms with Crippen molar-refractivity contribution in [3.05, 3.63) is 47.5 Å². The normalized spacial score (nSPS) is 24.6. The molecule has 3 rings (SSSR count). The highest BCUT2D eigenvalue weighted by Crippen LogP contribution is 2.35. The quantitative estimate of drug-likeness (QED) is 0.555. The molecule has 0 saturated carbocycles. The Kier molecular flexibility index (Phi) is 5.29. The van der Waals surface area contributed by atoms with E-state index in [-0.39, 0.29) is 0 Å². The highest BCUT2D eigenvalue weighted by atomic mass is 15.2. The Morgan fingerprint density at radius 1 is 1.14 bits per heavy atom. The highest BCUT2D eigenvalue weighted by Gasteiger charge is 2.33. The lowest BCUT2D eigenvalue weighted by atomic mass is 9.83.